The van der Waals surface area contributed by atoms with Gasteiger partial charge in [-0.05, 0) is 53.6 Å². The van der Waals surface area contributed by atoms with Crippen molar-refractivity contribution in [3.8, 4) is 0 Å². The van der Waals surface area contributed by atoms with Crippen LogP contribution >= 0.6 is 11.6 Å². The average molecular weight is 460 g/mol. The number of halogens is 1. The fraction of sp³-hybridized carbons (Fsp3) is 0.185. The number of hydrogen-bond donors (Lipinski definition) is 2. The van der Waals surface area contributed by atoms with Crippen LogP contribution in [0.4, 0.5) is 4.79 Å². The third-order valence-electron chi connectivity index (χ3n) is 5.88. The van der Waals surface area contributed by atoms with Crippen LogP contribution in [0.3, 0.4) is 0 Å². The summed E-state index contributed by atoms with van der Waals surface area (Å²) in [4.78, 5) is 30.7. The van der Waals surface area contributed by atoms with E-state index < -0.39 is 0 Å². The van der Waals surface area contributed by atoms with Crippen LogP contribution in [-0.2, 0) is 19.6 Å². The first-order chi connectivity index (χ1) is 15.9. The topological polar surface area (TPSA) is 65.2 Å². The summed E-state index contributed by atoms with van der Waals surface area (Å²) in [7, 11) is 0. The minimum atomic E-state index is -0.265. The van der Waals surface area contributed by atoms with Crippen molar-refractivity contribution in [2.24, 2.45) is 0 Å². The maximum atomic E-state index is 13.2. The highest BCUT2D eigenvalue weighted by Crippen LogP contribution is 2.21. The first-order valence-corrected chi connectivity index (χ1v) is 11.2. The van der Waals surface area contributed by atoms with Gasteiger partial charge in [0.2, 0.25) is 0 Å². The molecule has 0 saturated carbocycles. The Kier molecular flexibility index (Phi) is 6.80. The van der Waals surface area contributed by atoms with E-state index in [0.29, 0.717) is 17.1 Å². The molecule has 4 rings (SSSR count). The van der Waals surface area contributed by atoms with Crippen molar-refractivity contribution in [1.29, 1.82) is 0 Å². The van der Waals surface area contributed by atoms with Gasteiger partial charge in [0, 0.05) is 23.7 Å². The number of hydrogen-bond acceptors (Lipinski definition) is 2. The number of amides is 2. The minimum Gasteiger partial charge on any atom is -0.334 e. The molecule has 3 aromatic carbocycles. The van der Waals surface area contributed by atoms with Gasteiger partial charge < -0.3 is 15.2 Å². The fourth-order valence-corrected chi connectivity index (χ4v) is 4.01. The number of carbonyl (C=O) groups is 1. The molecular formula is C27H26ClN3O2. The molecule has 0 saturated heterocycles. The first-order valence-electron chi connectivity index (χ1n) is 10.8. The van der Waals surface area contributed by atoms with Crippen molar-refractivity contribution in [3.63, 3.8) is 0 Å². The molecule has 0 radical (unpaired) electrons. The lowest BCUT2D eigenvalue weighted by molar-refractivity contribution is 0.191. The van der Waals surface area contributed by atoms with E-state index in [4.69, 9.17) is 11.6 Å². The summed E-state index contributed by atoms with van der Waals surface area (Å²) in [6.45, 7) is 4.84. The molecule has 0 aliphatic heterocycles. The summed E-state index contributed by atoms with van der Waals surface area (Å²) < 4.78 is 0. The van der Waals surface area contributed by atoms with Crippen molar-refractivity contribution in [1.82, 2.24) is 15.2 Å². The molecule has 5 nitrogen and oxygen atoms in total. The molecule has 168 valence electrons. The molecule has 1 heterocycles. The molecule has 2 amide bonds. The summed E-state index contributed by atoms with van der Waals surface area (Å²) in [5.41, 5.74) is 5.13. The third-order valence-corrected chi connectivity index (χ3v) is 6.25. The second-order valence-corrected chi connectivity index (χ2v) is 8.59. The highest BCUT2D eigenvalue weighted by molar-refractivity contribution is 6.31. The number of H-pyrrole nitrogens is 1. The SMILES string of the molecule is Cc1ccc2cc(CN(Cc3ccccc3Cl)C(=O)NCc3ccccc3)c(=O)[nH]c2c1C. The molecule has 33 heavy (non-hydrogen) atoms. The van der Waals surface area contributed by atoms with Crippen LogP contribution in [0.25, 0.3) is 10.9 Å². The van der Waals surface area contributed by atoms with Gasteiger partial charge in [0.15, 0.2) is 0 Å². The van der Waals surface area contributed by atoms with Gasteiger partial charge in [0.25, 0.3) is 5.56 Å². The van der Waals surface area contributed by atoms with E-state index in [1.54, 1.807) is 11.0 Å². The number of fused-ring (bicyclic) bond motifs is 1. The Hall–Kier alpha value is -3.57. The van der Waals surface area contributed by atoms with Crippen LogP contribution in [-0.4, -0.2) is 15.9 Å². The number of rotatable bonds is 6. The number of pyridine rings is 1. The summed E-state index contributed by atoms with van der Waals surface area (Å²) in [5, 5.41) is 4.48. The number of aryl methyl sites for hydroxylation is 2. The van der Waals surface area contributed by atoms with Crippen molar-refractivity contribution < 1.29 is 4.79 Å². The minimum absolute atomic E-state index is 0.157. The summed E-state index contributed by atoms with van der Waals surface area (Å²) >= 11 is 6.36. The monoisotopic (exact) mass is 459 g/mol. The molecule has 0 atom stereocenters. The number of benzene rings is 3. The smallest absolute Gasteiger partial charge is 0.318 e. The Morgan fingerprint density at radius 2 is 1.64 bits per heavy atom. The molecule has 0 spiro atoms. The predicted molar refractivity (Wildman–Crippen MR) is 133 cm³/mol. The molecule has 0 unspecified atom stereocenters. The van der Waals surface area contributed by atoms with Crippen LogP contribution in [0, 0.1) is 13.8 Å². The number of carbonyl (C=O) groups excluding carboxylic acids is 1. The molecule has 1 aromatic heterocycles. The summed E-state index contributed by atoms with van der Waals surface area (Å²) in [6.07, 6.45) is 0. The van der Waals surface area contributed by atoms with E-state index >= 15 is 0 Å². The molecule has 0 bridgehead atoms. The van der Waals surface area contributed by atoms with Gasteiger partial charge in [-0.2, -0.15) is 0 Å². The maximum Gasteiger partial charge on any atom is 0.318 e. The van der Waals surface area contributed by atoms with Crippen LogP contribution in [0.2, 0.25) is 5.02 Å². The Morgan fingerprint density at radius 1 is 0.939 bits per heavy atom. The molecular weight excluding hydrogens is 434 g/mol. The normalized spacial score (nSPS) is 10.9. The molecule has 0 aliphatic carbocycles. The molecule has 2 N–H and O–H groups in total. The van der Waals surface area contributed by atoms with E-state index in [9.17, 15) is 9.59 Å². The lowest BCUT2D eigenvalue weighted by Gasteiger charge is -2.24. The zero-order valence-corrected chi connectivity index (χ0v) is 19.4. The molecule has 0 aliphatic rings. The highest BCUT2D eigenvalue weighted by atomic mass is 35.5. The van der Waals surface area contributed by atoms with Gasteiger partial charge in [0.1, 0.15) is 0 Å². The quantitative estimate of drug-likeness (QED) is 0.388. The summed E-state index contributed by atoms with van der Waals surface area (Å²) in [5.74, 6) is 0. The van der Waals surface area contributed by atoms with Gasteiger partial charge in [-0.1, -0.05) is 72.3 Å². The van der Waals surface area contributed by atoms with E-state index in [0.717, 1.165) is 33.2 Å². The summed E-state index contributed by atoms with van der Waals surface area (Å²) in [6, 6.07) is 22.8. The number of nitrogens with zero attached hydrogens (tertiary/aromatic N) is 1. The zero-order valence-electron chi connectivity index (χ0n) is 18.7. The number of nitrogens with one attached hydrogen (secondary N) is 2. The number of urea groups is 1. The molecule has 6 heteroatoms. The average Bonchev–Trinajstić information content (AvgIpc) is 2.82. The Bertz CT molecular complexity index is 1350. The highest BCUT2D eigenvalue weighted by Gasteiger charge is 2.18. The Morgan fingerprint density at radius 3 is 2.39 bits per heavy atom. The molecule has 0 fully saturated rings. The van der Waals surface area contributed by atoms with Crippen molar-refractivity contribution in [3.05, 3.63) is 116 Å². The van der Waals surface area contributed by atoms with Gasteiger partial charge >= 0.3 is 6.03 Å². The van der Waals surface area contributed by atoms with Crippen LogP contribution in [0.5, 0.6) is 0 Å². The Balaban J connectivity index is 1.63. The Labute approximate surface area is 198 Å². The lowest BCUT2D eigenvalue weighted by atomic mass is 10.0. The van der Waals surface area contributed by atoms with Gasteiger partial charge in [-0.3, -0.25) is 4.79 Å². The first kappa shape index (κ1) is 22.6. The predicted octanol–water partition coefficient (Wildman–Crippen LogP) is 5.71. The van der Waals surface area contributed by atoms with Gasteiger partial charge in [0.05, 0.1) is 12.1 Å². The van der Waals surface area contributed by atoms with Crippen LogP contribution < -0.4 is 10.9 Å². The zero-order chi connectivity index (χ0) is 23.4. The standard InChI is InChI=1S/C27H26ClN3O2/c1-18-12-13-21-14-23(26(32)30-25(21)19(18)2)17-31(16-22-10-6-7-11-24(22)28)27(33)29-15-20-8-4-3-5-9-20/h3-14H,15-17H2,1-2H3,(H,29,33)(H,30,32). The van der Waals surface area contributed by atoms with Crippen LogP contribution in [0.15, 0.2) is 77.6 Å². The van der Waals surface area contributed by atoms with Crippen molar-refractivity contribution in [2.75, 3.05) is 0 Å². The molecule has 4 aromatic rings. The number of aromatic nitrogens is 1. The van der Waals surface area contributed by atoms with Gasteiger partial charge in [-0.25, -0.2) is 4.79 Å². The largest absolute Gasteiger partial charge is 0.334 e. The van der Waals surface area contributed by atoms with Crippen LogP contribution in [0.1, 0.15) is 27.8 Å². The second kappa shape index (κ2) is 9.92. The third kappa shape index (κ3) is 5.26. The van der Waals surface area contributed by atoms with Gasteiger partial charge in [-0.15, -0.1) is 0 Å². The van der Waals surface area contributed by atoms with E-state index in [-0.39, 0.29) is 24.7 Å². The second-order valence-electron chi connectivity index (χ2n) is 8.19. The van der Waals surface area contributed by atoms with E-state index in [1.165, 1.54) is 0 Å². The van der Waals surface area contributed by atoms with Crippen molar-refractivity contribution in [2.45, 2.75) is 33.5 Å². The fourth-order valence-electron chi connectivity index (χ4n) is 3.81. The maximum absolute atomic E-state index is 13.2. The van der Waals surface area contributed by atoms with E-state index in [2.05, 4.69) is 10.3 Å². The lowest BCUT2D eigenvalue weighted by Crippen LogP contribution is -2.40. The van der Waals surface area contributed by atoms with Crippen molar-refractivity contribution >= 4 is 28.5 Å². The number of aromatic amines is 1. The van der Waals surface area contributed by atoms with E-state index in [1.807, 2.05) is 80.6 Å².